The number of carbonyl (C=O) groups excluding carboxylic acids is 1. The molecule has 1 aromatic carbocycles. The summed E-state index contributed by atoms with van der Waals surface area (Å²) in [7, 11) is 0. The molecule has 0 radical (unpaired) electrons. The quantitative estimate of drug-likeness (QED) is 0.662. The van der Waals surface area contributed by atoms with Gasteiger partial charge in [0.1, 0.15) is 0 Å². The Hall–Kier alpha value is -1.42. The van der Waals surface area contributed by atoms with Crippen molar-refractivity contribution in [3.63, 3.8) is 0 Å². The van der Waals surface area contributed by atoms with Gasteiger partial charge in [-0.3, -0.25) is 4.79 Å². The molecule has 1 saturated carbocycles. The minimum absolute atomic E-state index is 0.00347. The molecule has 0 heterocycles. The molecule has 1 aliphatic rings. The number of hydrogen-bond donors (Lipinski definition) is 2. The second-order valence-electron chi connectivity index (χ2n) is 5.46. The zero-order valence-corrected chi connectivity index (χ0v) is 12.5. The molecule has 3 nitrogen and oxygen atoms in total. The molecule has 2 rings (SSSR count). The second-order valence-corrected chi connectivity index (χ2v) is 5.99. The maximum absolute atomic E-state index is 12.4. The Kier molecular flexibility index (Phi) is 5.53. The second kappa shape index (κ2) is 7.39. The Morgan fingerprint density at radius 1 is 1.20 bits per heavy atom. The van der Waals surface area contributed by atoms with Crippen molar-refractivity contribution >= 4 is 23.1 Å². The summed E-state index contributed by atoms with van der Waals surface area (Å²) in [5, 5.41) is 3.17. The topological polar surface area (TPSA) is 55.1 Å². The summed E-state index contributed by atoms with van der Waals surface area (Å²) >= 11 is 4.95. The van der Waals surface area contributed by atoms with Gasteiger partial charge in [-0.25, -0.2) is 0 Å². The van der Waals surface area contributed by atoms with Crippen molar-refractivity contribution in [2.45, 2.75) is 51.0 Å². The lowest BCUT2D eigenvalue weighted by atomic mass is 10.0. The number of nitrogens with one attached hydrogen (secondary N) is 1. The SMILES string of the molecule is NC(=S)Cc1ccccc1C(=O)NC1CCCCCC1. The van der Waals surface area contributed by atoms with Crippen LogP contribution in [0.25, 0.3) is 0 Å². The molecule has 0 aromatic heterocycles. The molecule has 0 atom stereocenters. The van der Waals surface area contributed by atoms with E-state index in [1.165, 1.54) is 25.7 Å². The summed E-state index contributed by atoms with van der Waals surface area (Å²) in [4.78, 5) is 12.8. The standard InChI is InChI=1S/C16H22N2OS/c17-15(20)11-12-7-5-6-10-14(12)16(19)18-13-8-3-1-2-4-9-13/h5-7,10,13H,1-4,8-9,11H2,(H2,17,20)(H,18,19). The predicted molar refractivity (Wildman–Crippen MR) is 85.9 cm³/mol. The molecule has 20 heavy (non-hydrogen) atoms. The van der Waals surface area contributed by atoms with Gasteiger partial charge in [0, 0.05) is 18.0 Å². The lowest BCUT2D eigenvalue weighted by molar-refractivity contribution is 0.0932. The molecular formula is C16H22N2OS. The van der Waals surface area contributed by atoms with E-state index >= 15 is 0 Å². The van der Waals surface area contributed by atoms with E-state index < -0.39 is 0 Å². The Morgan fingerprint density at radius 2 is 1.85 bits per heavy atom. The highest BCUT2D eigenvalue weighted by molar-refractivity contribution is 7.80. The number of nitrogens with two attached hydrogens (primary N) is 1. The van der Waals surface area contributed by atoms with E-state index in [9.17, 15) is 4.79 Å². The molecular weight excluding hydrogens is 268 g/mol. The average molecular weight is 290 g/mol. The number of hydrogen-bond acceptors (Lipinski definition) is 2. The van der Waals surface area contributed by atoms with Crippen LogP contribution in [0.2, 0.25) is 0 Å². The number of amides is 1. The highest BCUT2D eigenvalue weighted by atomic mass is 32.1. The molecule has 3 N–H and O–H groups in total. The first kappa shape index (κ1) is 15.0. The summed E-state index contributed by atoms with van der Waals surface area (Å²) in [6.45, 7) is 0. The van der Waals surface area contributed by atoms with Gasteiger partial charge >= 0.3 is 0 Å². The monoisotopic (exact) mass is 290 g/mol. The van der Waals surface area contributed by atoms with Gasteiger partial charge in [0.05, 0.1) is 4.99 Å². The van der Waals surface area contributed by atoms with Gasteiger partial charge in [-0.1, -0.05) is 56.1 Å². The molecule has 0 bridgehead atoms. The number of thiocarbonyl (C=S) groups is 1. The molecule has 4 heteroatoms. The maximum Gasteiger partial charge on any atom is 0.251 e. The molecule has 108 valence electrons. The van der Waals surface area contributed by atoms with Crippen molar-refractivity contribution < 1.29 is 4.79 Å². The highest BCUT2D eigenvalue weighted by Crippen LogP contribution is 2.18. The van der Waals surface area contributed by atoms with Crippen LogP contribution in [0.3, 0.4) is 0 Å². The van der Waals surface area contributed by atoms with E-state index in [0.717, 1.165) is 18.4 Å². The van der Waals surface area contributed by atoms with Crippen LogP contribution < -0.4 is 11.1 Å². The molecule has 0 spiro atoms. The van der Waals surface area contributed by atoms with Crippen molar-refractivity contribution in [3.8, 4) is 0 Å². The van der Waals surface area contributed by atoms with Crippen LogP contribution in [-0.2, 0) is 6.42 Å². The lowest BCUT2D eigenvalue weighted by Crippen LogP contribution is -2.35. The molecule has 0 unspecified atom stereocenters. The van der Waals surface area contributed by atoms with Crippen molar-refractivity contribution in [2.75, 3.05) is 0 Å². The van der Waals surface area contributed by atoms with Crippen LogP contribution in [0.4, 0.5) is 0 Å². The molecule has 1 fully saturated rings. The number of rotatable bonds is 4. The fourth-order valence-electron chi connectivity index (χ4n) is 2.77. The minimum atomic E-state index is 0.00347. The molecule has 0 aliphatic heterocycles. The van der Waals surface area contributed by atoms with Crippen LogP contribution in [0.15, 0.2) is 24.3 Å². The summed E-state index contributed by atoms with van der Waals surface area (Å²) in [6.07, 6.45) is 7.63. The number of carbonyl (C=O) groups is 1. The molecule has 1 aliphatic carbocycles. The molecule has 1 amide bonds. The Balaban J connectivity index is 2.06. The fourth-order valence-corrected chi connectivity index (χ4v) is 2.93. The van der Waals surface area contributed by atoms with Gasteiger partial charge in [-0.15, -0.1) is 0 Å². The lowest BCUT2D eigenvalue weighted by Gasteiger charge is -2.17. The highest BCUT2D eigenvalue weighted by Gasteiger charge is 2.17. The minimum Gasteiger partial charge on any atom is -0.393 e. The third kappa shape index (κ3) is 4.30. The van der Waals surface area contributed by atoms with Crippen LogP contribution in [0.1, 0.15) is 54.4 Å². The Morgan fingerprint density at radius 3 is 2.50 bits per heavy atom. The zero-order valence-electron chi connectivity index (χ0n) is 11.7. The summed E-state index contributed by atoms with van der Waals surface area (Å²) in [6, 6.07) is 7.87. The maximum atomic E-state index is 12.4. The van der Waals surface area contributed by atoms with Gasteiger partial charge in [0.15, 0.2) is 0 Å². The Labute approximate surface area is 125 Å². The van der Waals surface area contributed by atoms with Gasteiger partial charge in [-0.05, 0) is 24.5 Å². The van der Waals surface area contributed by atoms with Gasteiger partial charge < -0.3 is 11.1 Å². The van der Waals surface area contributed by atoms with Crippen molar-refractivity contribution in [1.29, 1.82) is 0 Å². The first-order chi connectivity index (χ1) is 9.66. The Bertz CT molecular complexity index is 479. The summed E-state index contributed by atoms with van der Waals surface area (Å²) < 4.78 is 0. The number of benzene rings is 1. The fraction of sp³-hybridized carbons (Fsp3) is 0.500. The first-order valence-corrected chi connectivity index (χ1v) is 7.74. The van der Waals surface area contributed by atoms with Gasteiger partial charge in [-0.2, -0.15) is 0 Å². The smallest absolute Gasteiger partial charge is 0.251 e. The first-order valence-electron chi connectivity index (χ1n) is 7.34. The predicted octanol–water partition coefficient (Wildman–Crippen LogP) is 2.97. The van der Waals surface area contributed by atoms with Crippen LogP contribution >= 0.6 is 12.2 Å². The van der Waals surface area contributed by atoms with E-state index in [2.05, 4.69) is 5.32 Å². The zero-order chi connectivity index (χ0) is 14.4. The largest absolute Gasteiger partial charge is 0.393 e. The molecule has 0 saturated heterocycles. The molecule has 1 aromatic rings. The average Bonchev–Trinajstić information content (AvgIpc) is 2.67. The van der Waals surface area contributed by atoms with E-state index in [-0.39, 0.29) is 5.91 Å². The van der Waals surface area contributed by atoms with E-state index in [0.29, 0.717) is 23.0 Å². The van der Waals surface area contributed by atoms with Gasteiger partial charge in [0.25, 0.3) is 5.91 Å². The van der Waals surface area contributed by atoms with Crippen LogP contribution in [-0.4, -0.2) is 16.9 Å². The van der Waals surface area contributed by atoms with Crippen molar-refractivity contribution in [3.05, 3.63) is 35.4 Å². The van der Waals surface area contributed by atoms with Crippen molar-refractivity contribution in [1.82, 2.24) is 5.32 Å². The summed E-state index contributed by atoms with van der Waals surface area (Å²) in [5.74, 6) is 0.00347. The van der Waals surface area contributed by atoms with Crippen molar-refractivity contribution in [2.24, 2.45) is 5.73 Å². The third-order valence-corrected chi connectivity index (χ3v) is 3.96. The van der Waals surface area contributed by atoms with E-state index in [1.807, 2.05) is 24.3 Å². The van der Waals surface area contributed by atoms with Gasteiger partial charge in [0.2, 0.25) is 0 Å². The van der Waals surface area contributed by atoms with E-state index in [4.69, 9.17) is 18.0 Å². The van der Waals surface area contributed by atoms with E-state index in [1.54, 1.807) is 0 Å². The van der Waals surface area contributed by atoms with Crippen LogP contribution in [0.5, 0.6) is 0 Å². The van der Waals surface area contributed by atoms with Crippen LogP contribution in [0, 0.1) is 0 Å². The summed E-state index contributed by atoms with van der Waals surface area (Å²) in [5.41, 5.74) is 7.21. The third-order valence-electron chi connectivity index (χ3n) is 3.82. The normalized spacial score (nSPS) is 16.4.